The van der Waals surface area contributed by atoms with Crippen LogP contribution in [0.15, 0.2) is 15.5 Å². The SMILES string of the molecule is COC(=O)CC[C@@H](C)[C@H]1CC[C@H]2[C@@H]3/C4=N/OCC(=O)N(C(C)C)CC(=O)NCCN5CCNC(=O)CN(C(C)C)C(=O)CON=C(C[C@@H]3[C@@]3(C)CC/C(=N\OCC(=O)N(C(C)C)CC(=O)NCC5)C[C@H]3C4)[C@]12C. The zero-order chi connectivity index (χ0) is 53.2. The molecule has 0 aromatic carbocycles. The van der Waals surface area contributed by atoms with Crippen molar-refractivity contribution in [1.29, 1.82) is 0 Å². The Morgan fingerprint density at radius 1 is 0.671 bits per heavy atom. The highest BCUT2D eigenvalue weighted by molar-refractivity contribution is 5.98. The largest absolute Gasteiger partial charge is 0.469 e. The maximum atomic E-state index is 14.0. The normalized spacial score (nSPS) is 32.8. The Morgan fingerprint density at radius 3 is 1.66 bits per heavy atom. The number of nitrogens with one attached hydrogen (secondary N) is 3. The number of hydrogen-bond acceptors (Lipinski definition) is 15. The van der Waals surface area contributed by atoms with Crippen molar-refractivity contribution in [3.63, 3.8) is 0 Å². The van der Waals surface area contributed by atoms with Gasteiger partial charge in [0.1, 0.15) is 0 Å². The van der Waals surface area contributed by atoms with E-state index in [0.717, 1.165) is 36.4 Å². The van der Waals surface area contributed by atoms with Gasteiger partial charge in [-0.2, -0.15) is 0 Å². The summed E-state index contributed by atoms with van der Waals surface area (Å²) < 4.78 is 5.04. The fourth-order valence-corrected chi connectivity index (χ4v) is 12.9. The Hall–Kier alpha value is -5.34. The standard InChI is InChI=1S/C52H84N10O11/c1-32(2)60-26-43(63)53-17-20-59-21-18-54-44(64)27-61(33(3)4)47(67)30-72-57-41-24-36-23-37(56-71-29-46(60)66)15-16-51(36,8)40-25-42(58-73-31-48(68)62(34(5)6)28-45(65)55-19-22-59)52(9)38(12-13-39(52)50(40)41)35(7)11-14-49(69)70-10/h32-36,38-40,50H,11-31H2,1-10H3,(H,53,63)(H,54,64)(H,55,65)/b56-37+,57-41+,58-42?/t35-,36+,38-,39+,40+,50+,51+,52-/m1/s1. The lowest BCUT2D eigenvalue weighted by atomic mass is 9.43. The van der Waals surface area contributed by atoms with Crippen molar-refractivity contribution in [2.75, 3.05) is 85.8 Å². The van der Waals surface area contributed by atoms with Crippen LogP contribution in [0, 0.1) is 46.3 Å². The van der Waals surface area contributed by atoms with Crippen LogP contribution in [0.1, 0.15) is 120 Å². The molecule has 0 aromatic heterocycles. The number of rotatable bonds is 7. The molecule has 4 fully saturated rings. The quantitative estimate of drug-likeness (QED) is 0.246. The summed E-state index contributed by atoms with van der Waals surface area (Å²) in [6.07, 6.45) is 5.57. The maximum absolute atomic E-state index is 14.0. The number of fused-ring (bicyclic) bond motifs is 10. The highest BCUT2D eigenvalue weighted by Crippen LogP contribution is 2.67. The van der Waals surface area contributed by atoms with E-state index in [-0.39, 0.29) is 166 Å². The van der Waals surface area contributed by atoms with E-state index in [1.165, 1.54) is 21.8 Å². The fraction of sp³-hybridized carbons (Fsp3) is 0.808. The number of esters is 1. The molecule has 0 saturated heterocycles. The molecule has 0 spiro atoms. The smallest absolute Gasteiger partial charge is 0.305 e. The van der Waals surface area contributed by atoms with Crippen LogP contribution in [0.25, 0.3) is 0 Å². The first-order valence-corrected chi connectivity index (χ1v) is 26.7. The number of hydrogen-bond donors (Lipinski definition) is 3. The molecule has 6 amide bonds. The van der Waals surface area contributed by atoms with E-state index >= 15 is 0 Å². The highest BCUT2D eigenvalue weighted by Gasteiger charge is 2.65. The molecule has 3 aliphatic heterocycles. The molecule has 21 heteroatoms. The number of ether oxygens (including phenoxy) is 1. The Kier molecular flexibility index (Phi) is 19.7. The summed E-state index contributed by atoms with van der Waals surface area (Å²) in [5, 5.41) is 23.2. The Balaban J connectivity index is 1.45. The Labute approximate surface area is 431 Å². The van der Waals surface area contributed by atoms with Crippen molar-refractivity contribution in [2.45, 2.75) is 138 Å². The van der Waals surface area contributed by atoms with Gasteiger partial charge in [0, 0.05) is 75.1 Å². The zero-order valence-corrected chi connectivity index (χ0v) is 45.2. The molecule has 0 aromatic rings. The highest BCUT2D eigenvalue weighted by atomic mass is 16.6. The molecule has 408 valence electrons. The molecule has 0 radical (unpaired) electrons. The number of amides is 6. The van der Waals surface area contributed by atoms with E-state index in [1.807, 2.05) is 46.4 Å². The third-order valence-corrected chi connectivity index (χ3v) is 17.1. The van der Waals surface area contributed by atoms with Gasteiger partial charge in [0.05, 0.1) is 43.9 Å². The lowest BCUT2D eigenvalue weighted by molar-refractivity contribution is -0.141. The van der Waals surface area contributed by atoms with Crippen LogP contribution < -0.4 is 16.0 Å². The van der Waals surface area contributed by atoms with Crippen LogP contribution in [-0.2, 0) is 52.8 Å². The monoisotopic (exact) mass is 1020 g/mol. The Morgan fingerprint density at radius 2 is 1.16 bits per heavy atom. The lowest BCUT2D eigenvalue weighted by Gasteiger charge is -2.60. The van der Waals surface area contributed by atoms with E-state index in [4.69, 9.17) is 29.6 Å². The van der Waals surface area contributed by atoms with E-state index in [2.05, 4.69) is 41.9 Å². The van der Waals surface area contributed by atoms with E-state index < -0.39 is 5.41 Å². The maximum Gasteiger partial charge on any atom is 0.305 e. The number of carbonyl (C=O) groups excluding carboxylic acids is 7. The van der Waals surface area contributed by atoms with Gasteiger partial charge >= 0.3 is 5.97 Å². The van der Waals surface area contributed by atoms with Gasteiger partial charge in [-0.05, 0) is 128 Å². The predicted octanol–water partition coefficient (Wildman–Crippen LogP) is 2.96. The molecule has 7 aliphatic rings. The van der Waals surface area contributed by atoms with Crippen molar-refractivity contribution in [3.8, 4) is 0 Å². The van der Waals surface area contributed by atoms with Crippen LogP contribution in [0.2, 0.25) is 0 Å². The molecular weight excluding hydrogens is 941 g/mol. The number of methoxy groups -OCH3 is 1. The minimum Gasteiger partial charge on any atom is -0.469 e. The van der Waals surface area contributed by atoms with Crippen molar-refractivity contribution >= 4 is 58.5 Å². The van der Waals surface area contributed by atoms with E-state index in [0.29, 0.717) is 51.7 Å². The summed E-state index contributed by atoms with van der Waals surface area (Å²) >= 11 is 0. The third-order valence-electron chi connectivity index (χ3n) is 17.1. The number of oxime groups is 3. The second-order valence-corrected chi connectivity index (χ2v) is 22.4. The average molecular weight is 1030 g/mol. The summed E-state index contributed by atoms with van der Waals surface area (Å²) in [5.41, 5.74) is 1.67. The van der Waals surface area contributed by atoms with E-state index in [9.17, 15) is 33.6 Å². The molecule has 4 saturated carbocycles. The number of carbonyl (C=O) groups is 7. The van der Waals surface area contributed by atoms with Crippen LogP contribution in [-0.4, -0.2) is 182 Å². The van der Waals surface area contributed by atoms with Crippen LogP contribution in [0.4, 0.5) is 0 Å². The van der Waals surface area contributed by atoms with Gasteiger partial charge in [0.25, 0.3) is 17.7 Å². The summed E-state index contributed by atoms with van der Waals surface area (Å²) in [6, 6.07) is -0.946. The van der Waals surface area contributed by atoms with Gasteiger partial charge in [-0.15, -0.1) is 0 Å². The first-order chi connectivity index (χ1) is 34.7. The molecule has 3 N–H and O–H groups in total. The van der Waals surface area contributed by atoms with Crippen LogP contribution in [0.5, 0.6) is 0 Å². The molecule has 9 atom stereocenters. The van der Waals surface area contributed by atoms with Gasteiger partial charge in [-0.3, -0.25) is 38.5 Å². The minimum atomic E-state index is -0.551. The first kappa shape index (κ1) is 56.9. The topological polar surface area (TPSA) is 243 Å². The average Bonchev–Trinajstić information content (AvgIpc) is 3.70. The molecule has 21 nitrogen and oxygen atoms in total. The molecule has 7 rings (SSSR count). The molecular formula is C52H84N10O11. The summed E-state index contributed by atoms with van der Waals surface area (Å²) in [7, 11) is 1.40. The van der Waals surface area contributed by atoms with Gasteiger partial charge in [0.15, 0.2) is 19.8 Å². The fourth-order valence-electron chi connectivity index (χ4n) is 12.9. The molecule has 1 unspecified atom stereocenters. The minimum absolute atomic E-state index is 0.00155. The summed E-state index contributed by atoms with van der Waals surface area (Å²) in [5.74, 6) is -2.42. The number of nitrogens with zero attached hydrogens (tertiary/aromatic N) is 7. The Bertz CT molecular complexity index is 2110. The van der Waals surface area contributed by atoms with E-state index in [1.54, 1.807) is 0 Å². The van der Waals surface area contributed by atoms with Crippen LogP contribution in [0.3, 0.4) is 0 Å². The molecule has 4 aliphatic carbocycles. The van der Waals surface area contributed by atoms with Crippen molar-refractivity contribution in [3.05, 3.63) is 0 Å². The summed E-state index contributed by atoms with van der Waals surface area (Å²) in [6.45, 7) is 17.8. The van der Waals surface area contributed by atoms with Gasteiger partial charge < -0.3 is 49.9 Å². The zero-order valence-electron chi connectivity index (χ0n) is 45.2. The first-order valence-electron chi connectivity index (χ1n) is 26.7. The van der Waals surface area contributed by atoms with Gasteiger partial charge in [-0.1, -0.05) is 36.2 Å². The van der Waals surface area contributed by atoms with Crippen molar-refractivity contribution < 1.29 is 52.8 Å². The van der Waals surface area contributed by atoms with Gasteiger partial charge in [-0.25, -0.2) is 0 Å². The lowest BCUT2D eigenvalue weighted by Crippen LogP contribution is -2.60. The molecule has 73 heavy (non-hydrogen) atoms. The third kappa shape index (κ3) is 13.7. The van der Waals surface area contributed by atoms with Crippen molar-refractivity contribution in [2.24, 2.45) is 61.8 Å². The predicted molar refractivity (Wildman–Crippen MR) is 273 cm³/mol. The second kappa shape index (κ2) is 25.3. The molecule has 3 heterocycles. The van der Waals surface area contributed by atoms with Crippen LogP contribution >= 0.6 is 0 Å². The van der Waals surface area contributed by atoms with Gasteiger partial charge in [0.2, 0.25) is 17.7 Å². The van der Waals surface area contributed by atoms with Crippen molar-refractivity contribution in [1.82, 2.24) is 35.6 Å². The molecule has 7 bridgehead atoms. The summed E-state index contributed by atoms with van der Waals surface area (Å²) in [4.78, 5) is 119. The second-order valence-electron chi connectivity index (χ2n) is 22.4.